The highest BCUT2D eigenvalue weighted by Crippen LogP contribution is 2.46. The SMILES string of the molecule is C=CCN1C(=O)[C@@]2(NC(=O)c3c(sc(C)c3C)N2)c2ccccc21. The maximum atomic E-state index is 13.2. The van der Waals surface area contributed by atoms with Crippen LogP contribution in [0.2, 0.25) is 0 Å². The number of thiophene rings is 1. The molecule has 6 heteroatoms. The molecule has 1 spiro atoms. The summed E-state index contributed by atoms with van der Waals surface area (Å²) in [7, 11) is 0. The third-order valence-corrected chi connectivity index (χ3v) is 5.81. The smallest absolute Gasteiger partial charge is 0.278 e. The maximum Gasteiger partial charge on any atom is 0.278 e. The molecule has 2 aliphatic rings. The number of amides is 2. The Morgan fingerprint density at radius 1 is 1.25 bits per heavy atom. The molecule has 1 aromatic carbocycles. The second-order valence-corrected chi connectivity index (χ2v) is 7.26. The van der Waals surface area contributed by atoms with Gasteiger partial charge < -0.3 is 15.5 Å². The topological polar surface area (TPSA) is 61.4 Å². The highest BCUT2D eigenvalue weighted by atomic mass is 32.1. The normalized spacial score (nSPS) is 21.3. The van der Waals surface area contributed by atoms with E-state index in [1.165, 1.54) is 11.3 Å². The lowest BCUT2D eigenvalue weighted by atomic mass is 9.97. The van der Waals surface area contributed by atoms with Gasteiger partial charge in [-0.1, -0.05) is 24.3 Å². The molecule has 0 fully saturated rings. The van der Waals surface area contributed by atoms with Crippen LogP contribution in [0.25, 0.3) is 0 Å². The summed E-state index contributed by atoms with van der Waals surface area (Å²) in [6.45, 7) is 8.03. The highest BCUT2D eigenvalue weighted by molar-refractivity contribution is 7.16. The molecule has 0 aliphatic carbocycles. The Kier molecular flexibility index (Phi) is 3.08. The minimum absolute atomic E-state index is 0.189. The summed E-state index contributed by atoms with van der Waals surface area (Å²) in [5.74, 6) is -0.402. The van der Waals surface area contributed by atoms with Crippen molar-refractivity contribution in [3.8, 4) is 0 Å². The van der Waals surface area contributed by atoms with Crippen molar-refractivity contribution in [2.45, 2.75) is 19.5 Å². The van der Waals surface area contributed by atoms with E-state index in [2.05, 4.69) is 17.2 Å². The number of nitrogens with one attached hydrogen (secondary N) is 2. The molecule has 122 valence electrons. The van der Waals surface area contributed by atoms with Crippen molar-refractivity contribution in [2.24, 2.45) is 0 Å². The predicted molar refractivity (Wildman–Crippen MR) is 95.6 cm³/mol. The summed E-state index contributed by atoms with van der Waals surface area (Å²) in [6, 6.07) is 7.53. The van der Waals surface area contributed by atoms with Crippen LogP contribution in [0.1, 0.15) is 26.4 Å². The highest BCUT2D eigenvalue weighted by Gasteiger charge is 2.54. The standard InChI is InChI=1S/C18H17N3O2S/c1-4-9-21-13-8-6-5-7-12(13)18(17(21)23)19-15(22)14-10(2)11(3)24-16(14)20-18/h4-8,20H,1,9H2,2-3H3,(H,19,22)/t18-/m1/s1. The number of para-hydroxylation sites is 1. The van der Waals surface area contributed by atoms with Crippen molar-refractivity contribution in [1.29, 1.82) is 0 Å². The Morgan fingerprint density at radius 2 is 2.00 bits per heavy atom. The van der Waals surface area contributed by atoms with Gasteiger partial charge in [0.15, 0.2) is 0 Å². The van der Waals surface area contributed by atoms with Gasteiger partial charge in [-0.2, -0.15) is 0 Å². The first kappa shape index (κ1) is 15.0. The fourth-order valence-electron chi connectivity index (χ4n) is 3.43. The predicted octanol–water partition coefficient (Wildman–Crippen LogP) is 2.91. The number of benzene rings is 1. The van der Waals surface area contributed by atoms with Crippen molar-refractivity contribution in [1.82, 2.24) is 5.32 Å². The molecular weight excluding hydrogens is 322 g/mol. The van der Waals surface area contributed by atoms with E-state index < -0.39 is 5.66 Å². The first-order chi connectivity index (χ1) is 11.5. The van der Waals surface area contributed by atoms with E-state index in [1.807, 2.05) is 38.1 Å². The van der Waals surface area contributed by atoms with Crippen LogP contribution in [0.15, 0.2) is 36.9 Å². The molecule has 1 aromatic heterocycles. The van der Waals surface area contributed by atoms with Crippen LogP contribution in [0.5, 0.6) is 0 Å². The minimum Gasteiger partial charge on any atom is -0.342 e. The molecule has 2 N–H and O–H groups in total. The first-order valence-corrected chi connectivity index (χ1v) is 8.54. The lowest BCUT2D eigenvalue weighted by Gasteiger charge is -2.35. The average molecular weight is 339 g/mol. The van der Waals surface area contributed by atoms with E-state index in [-0.39, 0.29) is 11.8 Å². The van der Waals surface area contributed by atoms with Gasteiger partial charge in [0, 0.05) is 17.0 Å². The molecule has 0 radical (unpaired) electrons. The number of carbonyl (C=O) groups is 2. The molecule has 24 heavy (non-hydrogen) atoms. The van der Waals surface area contributed by atoms with Gasteiger partial charge in [0.1, 0.15) is 5.00 Å². The van der Waals surface area contributed by atoms with Crippen LogP contribution in [-0.2, 0) is 10.5 Å². The Bertz CT molecular complexity index is 902. The van der Waals surface area contributed by atoms with Crippen molar-refractivity contribution in [3.05, 3.63) is 58.5 Å². The Balaban J connectivity index is 1.91. The second kappa shape index (κ2) is 4.95. The summed E-state index contributed by atoms with van der Waals surface area (Å²) >= 11 is 1.51. The first-order valence-electron chi connectivity index (χ1n) is 7.72. The molecule has 2 aromatic rings. The number of nitrogens with zero attached hydrogens (tertiary/aromatic N) is 1. The Hall–Kier alpha value is -2.60. The van der Waals surface area contributed by atoms with Crippen LogP contribution in [0, 0.1) is 13.8 Å². The number of anilines is 2. The quantitative estimate of drug-likeness (QED) is 0.827. The third-order valence-electron chi connectivity index (χ3n) is 4.69. The van der Waals surface area contributed by atoms with Crippen LogP contribution in [0.4, 0.5) is 10.7 Å². The molecule has 2 aliphatic heterocycles. The lowest BCUT2D eigenvalue weighted by molar-refractivity contribution is -0.123. The lowest BCUT2D eigenvalue weighted by Crippen LogP contribution is -2.60. The van der Waals surface area contributed by atoms with E-state index in [9.17, 15) is 9.59 Å². The molecular formula is C18H17N3O2S. The summed E-state index contributed by atoms with van der Waals surface area (Å²) < 4.78 is 0. The number of aryl methyl sites for hydroxylation is 1. The van der Waals surface area contributed by atoms with Gasteiger partial charge in [-0.3, -0.25) is 9.59 Å². The van der Waals surface area contributed by atoms with Crippen molar-refractivity contribution in [3.63, 3.8) is 0 Å². The number of hydrogen-bond acceptors (Lipinski definition) is 4. The van der Waals surface area contributed by atoms with E-state index in [0.717, 1.165) is 26.7 Å². The monoisotopic (exact) mass is 339 g/mol. The van der Waals surface area contributed by atoms with Gasteiger partial charge in [0.05, 0.1) is 11.3 Å². The molecule has 0 unspecified atom stereocenters. The molecule has 2 amide bonds. The fraction of sp³-hybridized carbons (Fsp3) is 0.222. The van der Waals surface area contributed by atoms with E-state index in [1.54, 1.807) is 11.0 Å². The maximum absolute atomic E-state index is 13.2. The summed E-state index contributed by atoms with van der Waals surface area (Å²) in [5.41, 5.74) is 1.91. The molecule has 1 atom stereocenters. The second-order valence-electron chi connectivity index (χ2n) is 6.04. The van der Waals surface area contributed by atoms with Gasteiger partial charge in [0.2, 0.25) is 5.66 Å². The largest absolute Gasteiger partial charge is 0.342 e. The Labute approximate surface area is 144 Å². The average Bonchev–Trinajstić information content (AvgIpc) is 2.96. The molecule has 3 heterocycles. The van der Waals surface area contributed by atoms with Crippen LogP contribution in [-0.4, -0.2) is 18.4 Å². The number of carbonyl (C=O) groups excluding carboxylic acids is 2. The Morgan fingerprint density at radius 3 is 2.75 bits per heavy atom. The zero-order valence-electron chi connectivity index (χ0n) is 13.5. The van der Waals surface area contributed by atoms with Crippen LogP contribution >= 0.6 is 11.3 Å². The summed E-state index contributed by atoms with van der Waals surface area (Å²) in [5, 5.41) is 6.99. The van der Waals surface area contributed by atoms with Gasteiger partial charge in [-0.25, -0.2) is 0 Å². The van der Waals surface area contributed by atoms with Gasteiger partial charge >= 0.3 is 0 Å². The molecule has 0 saturated heterocycles. The van der Waals surface area contributed by atoms with Gasteiger partial charge in [0.25, 0.3) is 11.8 Å². The zero-order valence-corrected chi connectivity index (χ0v) is 14.3. The molecule has 0 saturated carbocycles. The number of rotatable bonds is 2. The van der Waals surface area contributed by atoms with Crippen molar-refractivity contribution < 1.29 is 9.59 Å². The zero-order chi connectivity index (χ0) is 17.1. The van der Waals surface area contributed by atoms with Crippen molar-refractivity contribution in [2.75, 3.05) is 16.8 Å². The molecule has 5 nitrogen and oxygen atoms in total. The molecule has 4 rings (SSSR count). The van der Waals surface area contributed by atoms with E-state index in [0.29, 0.717) is 12.1 Å². The fourth-order valence-corrected chi connectivity index (χ4v) is 4.54. The van der Waals surface area contributed by atoms with Crippen molar-refractivity contribution >= 4 is 33.8 Å². The third kappa shape index (κ3) is 1.74. The minimum atomic E-state index is -1.24. The number of fused-ring (bicyclic) bond motifs is 3. The van der Waals surface area contributed by atoms with E-state index >= 15 is 0 Å². The summed E-state index contributed by atoms with van der Waals surface area (Å²) in [6.07, 6.45) is 1.68. The van der Waals surface area contributed by atoms with Gasteiger partial charge in [-0.05, 0) is 25.5 Å². The van der Waals surface area contributed by atoms with Crippen LogP contribution in [0.3, 0.4) is 0 Å². The van der Waals surface area contributed by atoms with E-state index in [4.69, 9.17) is 0 Å². The van der Waals surface area contributed by atoms with Crippen LogP contribution < -0.4 is 15.5 Å². The summed E-state index contributed by atoms with van der Waals surface area (Å²) in [4.78, 5) is 28.7. The van der Waals surface area contributed by atoms with Gasteiger partial charge in [-0.15, -0.1) is 17.9 Å². The number of hydrogen-bond donors (Lipinski definition) is 2. The molecule has 0 bridgehead atoms.